The van der Waals surface area contributed by atoms with Crippen LogP contribution in [0.15, 0.2) is 22.0 Å². The van der Waals surface area contributed by atoms with Gasteiger partial charge >= 0.3 is 5.69 Å². The van der Waals surface area contributed by atoms with Crippen molar-refractivity contribution in [3.8, 4) is 0 Å². The van der Waals surface area contributed by atoms with E-state index in [0.717, 1.165) is 3.79 Å². The standard InChI is InChI=1S/C8H3BrFNO2S/c9-8-2-4-1-5(10)6(11(12)13)3-7(4)14-8/h1-3H. The van der Waals surface area contributed by atoms with Gasteiger partial charge in [0.15, 0.2) is 0 Å². The van der Waals surface area contributed by atoms with Crippen molar-refractivity contribution in [2.75, 3.05) is 0 Å². The van der Waals surface area contributed by atoms with Gasteiger partial charge in [-0.15, -0.1) is 11.3 Å². The van der Waals surface area contributed by atoms with Crippen LogP contribution in [-0.4, -0.2) is 4.92 Å². The van der Waals surface area contributed by atoms with Gasteiger partial charge in [-0.3, -0.25) is 10.1 Å². The summed E-state index contributed by atoms with van der Waals surface area (Å²) in [4.78, 5) is 9.71. The maximum Gasteiger partial charge on any atom is 0.306 e. The molecule has 1 aromatic heterocycles. The zero-order chi connectivity index (χ0) is 10.3. The lowest BCUT2D eigenvalue weighted by Gasteiger charge is -1.93. The predicted molar refractivity (Wildman–Crippen MR) is 56.1 cm³/mol. The molecule has 14 heavy (non-hydrogen) atoms. The summed E-state index contributed by atoms with van der Waals surface area (Å²) in [5, 5.41) is 11.1. The molecule has 0 N–H and O–H groups in total. The topological polar surface area (TPSA) is 43.1 Å². The fourth-order valence-corrected chi connectivity index (χ4v) is 2.73. The van der Waals surface area contributed by atoms with Crippen molar-refractivity contribution in [2.24, 2.45) is 0 Å². The third-order valence-corrected chi connectivity index (χ3v) is 3.35. The average molecular weight is 276 g/mol. The fourth-order valence-electron chi connectivity index (χ4n) is 1.16. The number of fused-ring (bicyclic) bond motifs is 1. The number of nitro benzene ring substituents is 1. The molecular weight excluding hydrogens is 273 g/mol. The van der Waals surface area contributed by atoms with E-state index < -0.39 is 16.4 Å². The molecule has 0 amide bonds. The smallest absolute Gasteiger partial charge is 0.258 e. The molecule has 0 radical (unpaired) electrons. The Balaban J connectivity index is 2.76. The lowest BCUT2D eigenvalue weighted by molar-refractivity contribution is -0.387. The lowest BCUT2D eigenvalue weighted by Crippen LogP contribution is -1.91. The van der Waals surface area contributed by atoms with E-state index in [9.17, 15) is 14.5 Å². The first-order valence-electron chi connectivity index (χ1n) is 3.61. The van der Waals surface area contributed by atoms with Gasteiger partial charge in [-0.2, -0.15) is 4.39 Å². The highest BCUT2D eigenvalue weighted by Gasteiger charge is 2.15. The highest BCUT2D eigenvalue weighted by molar-refractivity contribution is 9.11. The van der Waals surface area contributed by atoms with Crippen LogP contribution in [-0.2, 0) is 0 Å². The number of halogens is 2. The molecule has 0 atom stereocenters. The molecule has 3 nitrogen and oxygen atoms in total. The van der Waals surface area contributed by atoms with Crippen molar-refractivity contribution in [2.45, 2.75) is 0 Å². The largest absolute Gasteiger partial charge is 0.306 e. The molecule has 72 valence electrons. The van der Waals surface area contributed by atoms with Gasteiger partial charge in [0.1, 0.15) is 0 Å². The summed E-state index contributed by atoms with van der Waals surface area (Å²) in [6.45, 7) is 0. The number of hydrogen-bond acceptors (Lipinski definition) is 3. The second kappa shape index (κ2) is 3.29. The molecule has 2 rings (SSSR count). The maximum absolute atomic E-state index is 13.1. The minimum Gasteiger partial charge on any atom is -0.258 e. The Morgan fingerprint density at radius 2 is 2.14 bits per heavy atom. The number of benzene rings is 1. The molecule has 0 fully saturated rings. The van der Waals surface area contributed by atoms with Gasteiger partial charge < -0.3 is 0 Å². The molecule has 1 aromatic carbocycles. The van der Waals surface area contributed by atoms with Gasteiger partial charge in [0.2, 0.25) is 5.82 Å². The maximum atomic E-state index is 13.1. The third-order valence-electron chi connectivity index (χ3n) is 1.75. The Morgan fingerprint density at radius 3 is 2.79 bits per heavy atom. The number of thiophene rings is 1. The fraction of sp³-hybridized carbons (Fsp3) is 0. The number of nitro groups is 1. The van der Waals surface area contributed by atoms with Crippen LogP contribution in [0, 0.1) is 15.9 Å². The Kier molecular flexibility index (Phi) is 2.24. The molecule has 0 aliphatic heterocycles. The van der Waals surface area contributed by atoms with Crippen molar-refractivity contribution >= 4 is 43.0 Å². The molecule has 0 spiro atoms. The van der Waals surface area contributed by atoms with E-state index in [1.165, 1.54) is 23.5 Å². The van der Waals surface area contributed by atoms with Gasteiger partial charge in [0.05, 0.1) is 8.71 Å². The van der Waals surface area contributed by atoms with Crippen LogP contribution in [0.2, 0.25) is 0 Å². The van der Waals surface area contributed by atoms with Crippen molar-refractivity contribution in [3.63, 3.8) is 0 Å². The van der Waals surface area contributed by atoms with E-state index in [-0.39, 0.29) is 0 Å². The van der Waals surface area contributed by atoms with E-state index >= 15 is 0 Å². The second-order valence-electron chi connectivity index (χ2n) is 2.65. The van der Waals surface area contributed by atoms with Crippen molar-refractivity contribution < 1.29 is 9.31 Å². The molecule has 0 aliphatic rings. The van der Waals surface area contributed by atoms with Crippen molar-refractivity contribution in [1.82, 2.24) is 0 Å². The zero-order valence-corrected chi connectivity index (χ0v) is 9.06. The Bertz CT molecular complexity index is 525. The number of hydrogen-bond donors (Lipinski definition) is 0. The Morgan fingerprint density at radius 1 is 1.43 bits per heavy atom. The molecular formula is C8H3BrFNO2S. The molecule has 0 saturated heterocycles. The van der Waals surface area contributed by atoms with Crippen molar-refractivity contribution in [1.29, 1.82) is 0 Å². The summed E-state index contributed by atoms with van der Waals surface area (Å²) in [5.74, 6) is -0.798. The summed E-state index contributed by atoms with van der Waals surface area (Å²) < 4.78 is 14.7. The van der Waals surface area contributed by atoms with Gasteiger partial charge in [0, 0.05) is 10.8 Å². The minimum absolute atomic E-state index is 0.480. The minimum atomic E-state index is -0.798. The summed E-state index contributed by atoms with van der Waals surface area (Å²) in [7, 11) is 0. The van der Waals surface area contributed by atoms with Gasteiger partial charge in [0.25, 0.3) is 0 Å². The normalized spacial score (nSPS) is 10.7. The van der Waals surface area contributed by atoms with Crippen LogP contribution in [0.5, 0.6) is 0 Å². The highest BCUT2D eigenvalue weighted by Crippen LogP contribution is 2.33. The quantitative estimate of drug-likeness (QED) is 0.588. The molecule has 0 saturated carbocycles. The predicted octanol–water partition coefficient (Wildman–Crippen LogP) is 3.71. The number of nitrogens with zero attached hydrogens (tertiary/aromatic N) is 1. The van der Waals surface area contributed by atoms with Crippen LogP contribution in [0.3, 0.4) is 0 Å². The highest BCUT2D eigenvalue weighted by atomic mass is 79.9. The van der Waals surface area contributed by atoms with E-state index in [4.69, 9.17) is 0 Å². The van der Waals surface area contributed by atoms with Gasteiger partial charge in [-0.05, 0) is 33.4 Å². The molecule has 1 heterocycles. The van der Waals surface area contributed by atoms with E-state index in [2.05, 4.69) is 15.9 Å². The van der Waals surface area contributed by atoms with E-state index in [1.807, 2.05) is 0 Å². The zero-order valence-electron chi connectivity index (χ0n) is 6.66. The molecule has 0 bridgehead atoms. The van der Waals surface area contributed by atoms with Crippen LogP contribution < -0.4 is 0 Å². The summed E-state index contributed by atoms with van der Waals surface area (Å²) in [6.07, 6.45) is 0. The molecule has 0 aliphatic carbocycles. The molecule has 2 aromatic rings. The first-order chi connectivity index (χ1) is 6.58. The lowest BCUT2D eigenvalue weighted by atomic mass is 10.2. The average Bonchev–Trinajstić information content (AvgIpc) is 2.42. The second-order valence-corrected chi connectivity index (χ2v) is 5.11. The summed E-state index contributed by atoms with van der Waals surface area (Å²) >= 11 is 4.57. The first-order valence-corrected chi connectivity index (χ1v) is 5.22. The van der Waals surface area contributed by atoms with Crippen molar-refractivity contribution in [3.05, 3.63) is 37.9 Å². The van der Waals surface area contributed by atoms with E-state index in [1.54, 1.807) is 6.07 Å². The monoisotopic (exact) mass is 275 g/mol. The third kappa shape index (κ3) is 1.51. The molecule has 0 unspecified atom stereocenters. The van der Waals surface area contributed by atoms with Crippen LogP contribution in [0.1, 0.15) is 0 Å². The van der Waals surface area contributed by atoms with Crippen LogP contribution >= 0.6 is 27.3 Å². The van der Waals surface area contributed by atoms with Gasteiger partial charge in [-0.25, -0.2) is 0 Å². The van der Waals surface area contributed by atoms with Gasteiger partial charge in [-0.1, -0.05) is 0 Å². The summed E-state index contributed by atoms with van der Waals surface area (Å²) in [5.41, 5.74) is -0.480. The molecule has 6 heteroatoms. The first kappa shape index (κ1) is 9.54. The SMILES string of the molecule is O=[N+]([O-])c1cc2sc(Br)cc2cc1F. The Hall–Kier alpha value is -1.01. The Labute approximate surface area is 90.4 Å². The van der Waals surface area contributed by atoms with E-state index in [0.29, 0.717) is 10.1 Å². The number of rotatable bonds is 1. The van der Waals surface area contributed by atoms with Crippen LogP contribution in [0.4, 0.5) is 10.1 Å². The summed E-state index contributed by atoms with van der Waals surface area (Å²) in [6, 6.07) is 4.15. The van der Waals surface area contributed by atoms with Crippen LogP contribution in [0.25, 0.3) is 10.1 Å².